The summed E-state index contributed by atoms with van der Waals surface area (Å²) in [5.41, 5.74) is 9.66. The second-order valence-electron chi connectivity index (χ2n) is 7.04. The summed E-state index contributed by atoms with van der Waals surface area (Å²) in [5, 5.41) is 2.61. The number of anilines is 1. The third kappa shape index (κ3) is 4.61. The Morgan fingerprint density at radius 3 is 2.50 bits per heavy atom. The minimum absolute atomic E-state index is 0.121. The number of likely N-dealkylation sites (tertiary alicyclic amines) is 1. The first kappa shape index (κ1) is 18.4. The molecule has 0 atom stereocenters. The maximum absolute atomic E-state index is 13.0. The van der Waals surface area contributed by atoms with Crippen molar-refractivity contribution in [2.75, 3.05) is 25.9 Å². The highest BCUT2D eigenvalue weighted by Crippen LogP contribution is 2.24. The predicted octanol–water partition coefficient (Wildman–Crippen LogP) is 3.22. The second-order valence-corrected chi connectivity index (χ2v) is 7.04. The Labute approximate surface area is 154 Å². The first-order valence-corrected chi connectivity index (χ1v) is 9.12. The van der Waals surface area contributed by atoms with E-state index in [-0.39, 0.29) is 11.7 Å². The molecular weight excluding hydrogens is 329 g/mol. The fourth-order valence-corrected chi connectivity index (χ4v) is 3.57. The fourth-order valence-electron chi connectivity index (χ4n) is 3.57. The Morgan fingerprint density at radius 1 is 1.19 bits per heavy atom. The molecule has 0 aliphatic carbocycles. The zero-order valence-corrected chi connectivity index (χ0v) is 15.2. The Balaban J connectivity index is 1.52. The third-order valence-electron chi connectivity index (χ3n) is 5.17. The minimum atomic E-state index is -0.177. The molecule has 26 heavy (non-hydrogen) atoms. The van der Waals surface area contributed by atoms with Crippen molar-refractivity contribution in [1.82, 2.24) is 10.2 Å². The highest BCUT2D eigenvalue weighted by Gasteiger charge is 2.20. The molecule has 1 saturated heterocycles. The molecule has 2 aromatic rings. The number of rotatable bonds is 5. The van der Waals surface area contributed by atoms with Crippen LogP contribution < -0.4 is 11.1 Å². The molecule has 5 heteroatoms. The van der Waals surface area contributed by atoms with Crippen LogP contribution in [0.5, 0.6) is 0 Å². The van der Waals surface area contributed by atoms with E-state index in [1.807, 2.05) is 24.3 Å². The van der Waals surface area contributed by atoms with Crippen molar-refractivity contribution >= 4 is 11.6 Å². The van der Waals surface area contributed by atoms with Crippen molar-refractivity contribution in [3.63, 3.8) is 0 Å². The molecule has 4 nitrogen and oxygen atoms in total. The molecule has 1 fully saturated rings. The zero-order valence-electron chi connectivity index (χ0n) is 15.2. The van der Waals surface area contributed by atoms with Gasteiger partial charge in [-0.1, -0.05) is 18.2 Å². The normalized spacial score (nSPS) is 15.8. The highest BCUT2D eigenvalue weighted by molar-refractivity contribution is 5.95. The van der Waals surface area contributed by atoms with Crippen LogP contribution in [0.25, 0.3) is 0 Å². The lowest BCUT2D eigenvalue weighted by Crippen LogP contribution is -2.34. The Morgan fingerprint density at radius 2 is 1.88 bits per heavy atom. The Hall–Kier alpha value is -2.40. The average Bonchev–Trinajstić information content (AvgIpc) is 2.66. The van der Waals surface area contributed by atoms with E-state index in [2.05, 4.69) is 10.2 Å². The summed E-state index contributed by atoms with van der Waals surface area (Å²) in [6.45, 7) is 2.87. The van der Waals surface area contributed by atoms with Crippen molar-refractivity contribution in [2.45, 2.75) is 25.8 Å². The molecule has 138 valence electrons. The van der Waals surface area contributed by atoms with Gasteiger partial charge in [-0.2, -0.15) is 0 Å². The maximum atomic E-state index is 13.0. The lowest BCUT2D eigenvalue weighted by atomic mass is 9.90. The Bertz CT molecular complexity index is 752. The first-order valence-electron chi connectivity index (χ1n) is 9.12. The number of nitrogens with zero attached hydrogens (tertiary/aromatic N) is 1. The van der Waals surface area contributed by atoms with Gasteiger partial charge < -0.3 is 11.1 Å². The molecule has 3 N–H and O–H groups in total. The van der Waals surface area contributed by atoms with Crippen LogP contribution >= 0.6 is 0 Å². The standard InChI is InChI=1S/C21H26FN3O/c1-24-21(26)17-4-5-18(20(23)13-17)14-25-10-8-16(9-11-25)12-15-2-6-19(22)7-3-15/h2-7,13,16H,8-12,14,23H2,1H3,(H,24,26). The zero-order chi connectivity index (χ0) is 18.5. The van der Waals surface area contributed by atoms with Crippen LogP contribution in [-0.4, -0.2) is 30.9 Å². The third-order valence-corrected chi connectivity index (χ3v) is 5.17. The monoisotopic (exact) mass is 355 g/mol. The van der Waals surface area contributed by atoms with Crippen LogP contribution in [0.15, 0.2) is 42.5 Å². The van der Waals surface area contributed by atoms with Crippen LogP contribution in [0.4, 0.5) is 10.1 Å². The van der Waals surface area contributed by atoms with E-state index < -0.39 is 0 Å². The number of nitrogens with one attached hydrogen (secondary N) is 1. The summed E-state index contributed by atoms with van der Waals surface area (Å²) in [7, 11) is 1.61. The number of nitrogen functional groups attached to an aromatic ring is 1. The SMILES string of the molecule is CNC(=O)c1ccc(CN2CCC(Cc3ccc(F)cc3)CC2)c(N)c1. The van der Waals surface area contributed by atoms with Crippen LogP contribution in [-0.2, 0) is 13.0 Å². The van der Waals surface area contributed by atoms with E-state index in [9.17, 15) is 9.18 Å². The number of amides is 1. The number of nitrogens with two attached hydrogens (primary N) is 1. The fraction of sp³-hybridized carbons (Fsp3) is 0.381. The quantitative estimate of drug-likeness (QED) is 0.810. The number of hydrogen-bond donors (Lipinski definition) is 2. The summed E-state index contributed by atoms with van der Waals surface area (Å²) in [4.78, 5) is 14.1. The van der Waals surface area contributed by atoms with Gasteiger partial charge in [-0.15, -0.1) is 0 Å². The minimum Gasteiger partial charge on any atom is -0.398 e. The molecule has 0 unspecified atom stereocenters. The second kappa shape index (κ2) is 8.32. The number of halogens is 1. The number of carbonyl (C=O) groups is 1. The van der Waals surface area contributed by atoms with E-state index in [1.165, 1.54) is 17.7 Å². The van der Waals surface area contributed by atoms with Crippen molar-refractivity contribution in [1.29, 1.82) is 0 Å². The van der Waals surface area contributed by atoms with Gasteiger partial charge in [0.15, 0.2) is 0 Å². The van der Waals surface area contributed by atoms with Gasteiger partial charge in [-0.25, -0.2) is 4.39 Å². The summed E-state index contributed by atoms with van der Waals surface area (Å²) < 4.78 is 13.0. The highest BCUT2D eigenvalue weighted by atomic mass is 19.1. The van der Waals surface area contributed by atoms with Crippen LogP contribution in [0, 0.1) is 11.7 Å². The molecular formula is C21H26FN3O. The molecule has 1 aliphatic heterocycles. The van der Waals surface area contributed by atoms with Crippen molar-refractivity contribution < 1.29 is 9.18 Å². The maximum Gasteiger partial charge on any atom is 0.251 e. The summed E-state index contributed by atoms with van der Waals surface area (Å²) in [6.07, 6.45) is 3.28. The van der Waals surface area contributed by atoms with Gasteiger partial charge in [-0.05, 0) is 73.7 Å². The van der Waals surface area contributed by atoms with Gasteiger partial charge in [0.05, 0.1) is 0 Å². The van der Waals surface area contributed by atoms with Gasteiger partial charge >= 0.3 is 0 Å². The van der Waals surface area contributed by atoms with Crippen LogP contribution in [0.1, 0.15) is 34.3 Å². The molecule has 1 heterocycles. The van der Waals surface area contributed by atoms with Gasteiger partial charge in [0.25, 0.3) is 5.91 Å². The van der Waals surface area contributed by atoms with Crippen LogP contribution in [0.3, 0.4) is 0 Å². The van der Waals surface area contributed by atoms with E-state index in [1.54, 1.807) is 13.1 Å². The summed E-state index contributed by atoms with van der Waals surface area (Å²) in [5.74, 6) is 0.345. The summed E-state index contributed by atoms with van der Waals surface area (Å²) in [6, 6.07) is 12.4. The van der Waals surface area contributed by atoms with E-state index in [0.717, 1.165) is 44.5 Å². The van der Waals surface area contributed by atoms with Gasteiger partial charge in [-0.3, -0.25) is 9.69 Å². The lowest BCUT2D eigenvalue weighted by molar-refractivity contribution is 0.0963. The van der Waals surface area contributed by atoms with Crippen molar-refractivity contribution in [2.24, 2.45) is 5.92 Å². The first-order chi connectivity index (χ1) is 12.5. The van der Waals surface area contributed by atoms with Gasteiger partial charge in [0, 0.05) is 24.8 Å². The van der Waals surface area contributed by atoms with Crippen molar-refractivity contribution in [3.8, 4) is 0 Å². The van der Waals surface area contributed by atoms with E-state index in [0.29, 0.717) is 17.2 Å². The van der Waals surface area contributed by atoms with E-state index in [4.69, 9.17) is 5.73 Å². The molecule has 0 radical (unpaired) electrons. The van der Waals surface area contributed by atoms with Crippen molar-refractivity contribution in [3.05, 3.63) is 65.0 Å². The molecule has 0 aromatic heterocycles. The average molecular weight is 355 g/mol. The summed E-state index contributed by atoms with van der Waals surface area (Å²) >= 11 is 0. The van der Waals surface area contributed by atoms with Gasteiger partial charge in [0.2, 0.25) is 0 Å². The molecule has 0 spiro atoms. The predicted molar refractivity (Wildman–Crippen MR) is 102 cm³/mol. The van der Waals surface area contributed by atoms with Gasteiger partial charge in [0.1, 0.15) is 5.82 Å². The molecule has 1 amide bonds. The topological polar surface area (TPSA) is 58.4 Å². The molecule has 2 aromatic carbocycles. The van der Waals surface area contributed by atoms with Crippen LogP contribution in [0.2, 0.25) is 0 Å². The molecule has 0 bridgehead atoms. The Kier molecular flexibility index (Phi) is 5.89. The number of hydrogen-bond acceptors (Lipinski definition) is 3. The molecule has 1 aliphatic rings. The number of carbonyl (C=O) groups excluding carboxylic acids is 1. The smallest absolute Gasteiger partial charge is 0.251 e. The molecule has 3 rings (SSSR count). The van der Waals surface area contributed by atoms with E-state index >= 15 is 0 Å². The molecule has 0 saturated carbocycles. The lowest BCUT2D eigenvalue weighted by Gasteiger charge is -2.32. The largest absolute Gasteiger partial charge is 0.398 e. The number of benzene rings is 2. The number of piperidine rings is 1.